The maximum absolute atomic E-state index is 11.8. The van der Waals surface area contributed by atoms with Crippen molar-refractivity contribution in [2.75, 3.05) is 33.0 Å². The Balaban J connectivity index is 0.935. The lowest BCUT2D eigenvalue weighted by Gasteiger charge is -2.17. The van der Waals surface area contributed by atoms with Crippen LogP contribution in [0.25, 0.3) is 16.6 Å². The number of carbonyl (C=O) groups excluding carboxylic acids is 1. The number of nitrogens with two attached hydrogens (primary N) is 2. The number of rotatable bonds is 29. The summed E-state index contributed by atoms with van der Waals surface area (Å²) in [4.78, 5) is 20.4. The summed E-state index contributed by atoms with van der Waals surface area (Å²) in [6.07, 6.45) is 29.9. The maximum atomic E-state index is 11.8. The van der Waals surface area contributed by atoms with Gasteiger partial charge in [0.15, 0.2) is 18.1 Å². The van der Waals surface area contributed by atoms with Crippen LogP contribution < -0.4 is 20.9 Å². The predicted octanol–water partition coefficient (Wildman–Crippen LogP) is 8.91. The first-order chi connectivity index (χ1) is 27.4. The van der Waals surface area contributed by atoms with E-state index in [1.54, 1.807) is 29.5 Å². The summed E-state index contributed by atoms with van der Waals surface area (Å²) in [6.45, 7) is 6.36. The molecule has 56 heavy (non-hydrogen) atoms. The van der Waals surface area contributed by atoms with Crippen LogP contribution in [-0.4, -0.2) is 53.9 Å². The molecule has 0 aliphatic heterocycles. The monoisotopic (exact) mass is 787 g/mol. The van der Waals surface area contributed by atoms with Crippen molar-refractivity contribution in [3.8, 4) is 5.75 Å². The van der Waals surface area contributed by atoms with Gasteiger partial charge >= 0.3 is 5.97 Å². The third kappa shape index (κ3) is 17.4. The Bertz CT molecular complexity index is 1740. The van der Waals surface area contributed by atoms with Gasteiger partial charge in [-0.1, -0.05) is 69.0 Å². The van der Waals surface area contributed by atoms with Gasteiger partial charge in [-0.3, -0.25) is 14.8 Å². The van der Waals surface area contributed by atoms with E-state index in [9.17, 15) is 4.79 Å². The number of aromatic nitrogens is 3. The van der Waals surface area contributed by atoms with Crippen molar-refractivity contribution < 1.29 is 23.6 Å². The van der Waals surface area contributed by atoms with E-state index in [0.29, 0.717) is 33.7 Å². The average Bonchev–Trinajstić information content (AvgIpc) is 3.20. The fourth-order valence-corrected chi connectivity index (χ4v) is 6.99. The zero-order chi connectivity index (χ0) is 39.6. The number of hydrogen-bond donors (Lipinski definition) is 2. The van der Waals surface area contributed by atoms with E-state index in [1.807, 2.05) is 24.5 Å². The van der Waals surface area contributed by atoms with Crippen LogP contribution in [0.1, 0.15) is 114 Å². The summed E-state index contributed by atoms with van der Waals surface area (Å²) >= 11 is 6.49. The fourth-order valence-electron chi connectivity index (χ4n) is 6.73. The SMILES string of the molecule is CC(=O)Oc1c(/C(N)=C/N(N)CCCCCCCCCCCCOCCCc2ccc[n+](CCCCOCCCc3cccnc3)c2)cc(Cl)c2cccnc12. The smallest absolute Gasteiger partial charge is 0.308 e. The lowest BCUT2D eigenvalue weighted by molar-refractivity contribution is -0.697. The molecular weight excluding hydrogens is 724 g/mol. The molecule has 4 rings (SSSR count). The Morgan fingerprint density at radius 1 is 0.804 bits per heavy atom. The number of aryl methyl sites for hydroxylation is 3. The van der Waals surface area contributed by atoms with E-state index in [1.165, 1.54) is 63.0 Å². The molecule has 0 aliphatic carbocycles. The van der Waals surface area contributed by atoms with Gasteiger partial charge in [-0.25, -0.2) is 10.4 Å². The normalized spacial score (nSPS) is 11.7. The molecule has 0 saturated heterocycles. The summed E-state index contributed by atoms with van der Waals surface area (Å²) in [7, 11) is 0. The van der Waals surface area contributed by atoms with Gasteiger partial charge in [0.2, 0.25) is 0 Å². The molecule has 0 spiro atoms. The minimum atomic E-state index is -0.463. The van der Waals surface area contributed by atoms with Crippen LogP contribution in [0.5, 0.6) is 5.75 Å². The Kier molecular flexibility index (Phi) is 21.3. The highest BCUT2D eigenvalue weighted by atomic mass is 35.5. The van der Waals surface area contributed by atoms with Gasteiger partial charge in [0.1, 0.15) is 12.1 Å². The molecule has 0 amide bonds. The number of unbranched alkanes of at least 4 members (excludes halogenated alkanes) is 10. The molecule has 304 valence electrons. The summed E-state index contributed by atoms with van der Waals surface area (Å²) in [5.41, 5.74) is 10.4. The standard InChI is InChI=1S/C45H64ClN6O4/c1-37(53)56-45-41(33-42(46)40-23-15-25-50-44(40)45)43(47)36-52(48)28-10-8-6-4-2-3-5-7-9-12-29-54-32-18-22-39-20-16-27-51(35-39)26-11-13-30-55-31-17-21-38-19-14-24-49-34-38/h14-16,19-20,23-25,27,33-36H,2-13,17-18,21-22,26,28-32,47-48H2,1H3/q+1/b43-36-. The molecule has 0 bridgehead atoms. The van der Waals surface area contributed by atoms with Crippen molar-refractivity contribution in [3.05, 3.63) is 101 Å². The van der Waals surface area contributed by atoms with E-state index in [-0.39, 0.29) is 5.75 Å². The molecule has 4 N–H and O–H groups in total. The molecule has 11 heteroatoms. The highest BCUT2D eigenvalue weighted by molar-refractivity contribution is 6.36. The number of benzene rings is 1. The van der Waals surface area contributed by atoms with Crippen LogP contribution in [0.2, 0.25) is 5.02 Å². The zero-order valence-electron chi connectivity index (χ0n) is 33.5. The minimum Gasteiger partial charge on any atom is -0.424 e. The summed E-state index contributed by atoms with van der Waals surface area (Å²) < 4.78 is 19.6. The summed E-state index contributed by atoms with van der Waals surface area (Å²) in [5.74, 6) is 6.06. The molecule has 3 aromatic heterocycles. The van der Waals surface area contributed by atoms with Crippen LogP contribution in [0, 0.1) is 0 Å². The zero-order valence-corrected chi connectivity index (χ0v) is 34.3. The van der Waals surface area contributed by atoms with Gasteiger partial charge in [-0.05, 0) is 80.8 Å². The Labute approximate surface area is 339 Å². The highest BCUT2D eigenvalue weighted by Crippen LogP contribution is 2.36. The average molecular weight is 788 g/mol. The lowest BCUT2D eigenvalue weighted by Crippen LogP contribution is -2.33. The topological polar surface area (TPSA) is 130 Å². The van der Waals surface area contributed by atoms with Crippen molar-refractivity contribution in [3.63, 3.8) is 0 Å². The number of hydrogen-bond acceptors (Lipinski definition) is 9. The second-order valence-electron chi connectivity index (χ2n) is 14.5. The number of fused-ring (bicyclic) bond motifs is 1. The van der Waals surface area contributed by atoms with Crippen LogP contribution in [0.3, 0.4) is 0 Å². The van der Waals surface area contributed by atoms with E-state index in [4.69, 9.17) is 37.4 Å². The molecule has 1 aromatic carbocycles. The van der Waals surface area contributed by atoms with E-state index < -0.39 is 5.97 Å². The molecule has 0 atom stereocenters. The van der Waals surface area contributed by atoms with Crippen molar-refractivity contribution in [2.45, 2.75) is 116 Å². The largest absolute Gasteiger partial charge is 0.424 e. The third-order valence-electron chi connectivity index (χ3n) is 9.72. The fraction of sp³-hybridized carbons (Fsp3) is 0.511. The molecule has 0 fully saturated rings. The van der Waals surface area contributed by atoms with E-state index in [0.717, 1.165) is 90.8 Å². The van der Waals surface area contributed by atoms with Gasteiger partial charge in [0, 0.05) is 93.7 Å². The van der Waals surface area contributed by atoms with Gasteiger partial charge in [-0.15, -0.1) is 0 Å². The molecule has 0 saturated carbocycles. The quantitative estimate of drug-likeness (QED) is 0.0138. The molecule has 4 aromatic rings. The van der Waals surface area contributed by atoms with E-state index >= 15 is 0 Å². The number of hydrazine groups is 1. The van der Waals surface area contributed by atoms with Crippen molar-refractivity contribution in [1.29, 1.82) is 0 Å². The van der Waals surface area contributed by atoms with Crippen LogP contribution >= 0.6 is 11.6 Å². The first kappa shape index (κ1) is 44.6. The number of nitrogens with zero attached hydrogens (tertiary/aromatic N) is 4. The molecule has 10 nitrogen and oxygen atoms in total. The highest BCUT2D eigenvalue weighted by Gasteiger charge is 2.18. The number of carbonyl (C=O) groups is 1. The summed E-state index contributed by atoms with van der Waals surface area (Å²) in [6, 6.07) is 13.8. The van der Waals surface area contributed by atoms with E-state index in [2.05, 4.69) is 45.1 Å². The predicted molar refractivity (Wildman–Crippen MR) is 226 cm³/mol. The lowest BCUT2D eigenvalue weighted by atomic mass is 10.1. The Morgan fingerprint density at radius 3 is 2.12 bits per heavy atom. The van der Waals surface area contributed by atoms with Gasteiger partial charge in [0.25, 0.3) is 0 Å². The van der Waals surface area contributed by atoms with Gasteiger partial charge in [0.05, 0.1) is 10.7 Å². The number of halogens is 1. The number of esters is 1. The second kappa shape index (κ2) is 26.7. The summed E-state index contributed by atoms with van der Waals surface area (Å²) in [5, 5.41) is 2.74. The first-order valence-electron chi connectivity index (χ1n) is 20.7. The van der Waals surface area contributed by atoms with Gasteiger partial charge < -0.3 is 25.0 Å². The molecule has 3 heterocycles. The van der Waals surface area contributed by atoms with Crippen LogP contribution in [-0.2, 0) is 33.7 Å². The van der Waals surface area contributed by atoms with Gasteiger partial charge in [-0.2, -0.15) is 0 Å². The molecule has 0 unspecified atom stereocenters. The third-order valence-corrected chi connectivity index (χ3v) is 10.0. The van der Waals surface area contributed by atoms with Crippen molar-refractivity contribution in [2.24, 2.45) is 11.6 Å². The van der Waals surface area contributed by atoms with Crippen LogP contribution in [0.4, 0.5) is 0 Å². The molecular formula is C45H64ClN6O4+. The first-order valence-corrected chi connectivity index (χ1v) is 21.1. The Morgan fingerprint density at radius 2 is 1.43 bits per heavy atom. The van der Waals surface area contributed by atoms with Crippen LogP contribution in [0.15, 0.2) is 79.6 Å². The number of pyridine rings is 3. The second-order valence-corrected chi connectivity index (χ2v) is 14.9. The number of ether oxygens (including phenoxy) is 3. The van der Waals surface area contributed by atoms with Crippen molar-refractivity contribution >= 4 is 34.2 Å². The van der Waals surface area contributed by atoms with Crippen molar-refractivity contribution in [1.82, 2.24) is 15.0 Å². The maximum Gasteiger partial charge on any atom is 0.308 e. The molecule has 0 aliphatic rings. The Hall–Kier alpha value is -4.09. The molecule has 0 radical (unpaired) electrons. The minimum absolute atomic E-state index is 0.282.